The number of fused-ring (bicyclic) bond motifs is 1. The van der Waals surface area contributed by atoms with Crippen LogP contribution in [0.2, 0.25) is 0 Å². The van der Waals surface area contributed by atoms with E-state index in [1.807, 2.05) is 48.5 Å². The minimum atomic E-state index is 0.139. The predicted molar refractivity (Wildman–Crippen MR) is 162 cm³/mol. The summed E-state index contributed by atoms with van der Waals surface area (Å²) in [6.07, 6.45) is 4.74. The van der Waals surface area contributed by atoms with E-state index in [1.54, 1.807) is 50.1 Å². The normalized spacial score (nSPS) is 11.3. The van der Waals surface area contributed by atoms with Crippen LogP contribution in [0.4, 0.5) is 5.88 Å². The third-order valence-electron chi connectivity index (χ3n) is 7.11. The van der Waals surface area contributed by atoms with Gasteiger partial charge >= 0.3 is 0 Å². The molecule has 0 atom stereocenters. The Morgan fingerprint density at radius 2 is 1.50 bits per heavy atom. The van der Waals surface area contributed by atoms with Gasteiger partial charge in [-0.1, -0.05) is 60.7 Å². The number of nitrogens with one attached hydrogen (secondary N) is 1. The average molecular weight is 550 g/mol. The van der Waals surface area contributed by atoms with Crippen molar-refractivity contribution in [2.45, 2.75) is 0 Å². The fraction of sp³-hybridized carbons (Fsp3) is 0.0286. The summed E-state index contributed by atoms with van der Waals surface area (Å²) in [6.45, 7) is 0. The van der Waals surface area contributed by atoms with Gasteiger partial charge in [0.1, 0.15) is 23.1 Å². The van der Waals surface area contributed by atoms with Crippen LogP contribution in [0, 0.1) is 11.3 Å². The molecule has 0 spiro atoms. The molecular weight excluding hydrogens is 526 g/mol. The molecule has 4 aromatic heterocycles. The highest BCUT2D eigenvalue weighted by atomic mass is 16.5. The Morgan fingerprint density at radius 1 is 0.810 bits per heavy atom. The van der Waals surface area contributed by atoms with Gasteiger partial charge < -0.3 is 23.0 Å². The Kier molecular flexibility index (Phi) is 6.27. The molecule has 202 valence electrons. The molecule has 7 rings (SSSR count). The van der Waals surface area contributed by atoms with Gasteiger partial charge in [-0.2, -0.15) is 5.26 Å². The van der Waals surface area contributed by atoms with Crippen LogP contribution in [0.15, 0.2) is 128 Å². The Balaban J connectivity index is 1.40. The summed E-state index contributed by atoms with van der Waals surface area (Å²) >= 11 is 0. The minimum Gasteiger partial charge on any atom is -0.496 e. The quantitative estimate of drug-likeness (QED) is 0.200. The number of methoxy groups -OCH3 is 1. The minimum absolute atomic E-state index is 0.139. The van der Waals surface area contributed by atoms with Gasteiger partial charge in [-0.25, -0.2) is 4.99 Å². The number of aromatic nitrogens is 1. The van der Waals surface area contributed by atoms with E-state index in [2.05, 4.69) is 40.3 Å². The highest BCUT2D eigenvalue weighted by molar-refractivity contribution is 6.07. The molecule has 0 aliphatic carbocycles. The molecule has 7 aromatic rings. The second-order valence-corrected chi connectivity index (χ2v) is 9.56. The summed E-state index contributed by atoms with van der Waals surface area (Å²) in [5.74, 6) is 2.07. The molecule has 3 aromatic carbocycles. The standard InChI is InChI=1S/C35H23N3O4/c1-39-30-19-27-25(31(22-10-4-2-5-11-22)33(38-27)23-12-6-3-7-13-23)18-24(30)21-37-35-26(20-36)32(28-14-8-16-40-28)34(42-35)29-15-9-17-41-29/h2-19,21,38H,1H3/b37-21+. The highest BCUT2D eigenvalue weighted by Crippen LogP contribution is 2.44. The van der Waals surface area contributed by atoms with Crippen molar-refractivity contribution in [1.29, 1.82) is 5.26 Å². The van der Waals surface area contributed by atoms with Crippen molar-refractivity contribution in [3.8, 4) is 57.0 Å². The lowest BCUT2D eigenvalue weighted by Gasteiger charge is -2.07. The van der Waals surface area contributed by atoms with Crippen LogP contribution in [0.3, 0.4) is 0 Å². The maximum absolute atomic E-state index is 10.1. The predicted octanol–water partition coefficient (Wildman–Crippen LogP) is 9.25. The molecule has 7 heteroatoms. The molecule has 1 N–H and O–H groups in total. The van der Waals surface area contributed by atoms with E-state index in [0.717, 1.165) is 38.9 Å². The van der Waals surface area contributed by atoms with E-state index < -0.39 is 0 Å². The summed E-state index contributed by atoms with van der Waals surface area (Å²) < 4.78 is 23.1. The van der Waals surface area contributed by atoms with Gasteiger partial charge in [-0.05, 0) is 41.5 Å². The molecule has 0 bridgehead atoms. The van der Waals surface area contributed by atoms with Crippen LogP contribution in [-0.4, -0.2) is 18.3 Å². The van der Waals surface area contributed by atoms with Gasteiger partial charge in [0.25, 0.3) is 0 Å². The zero-order chi connectivity index (χ0) is 28.5. The topological polar surface area (TPSA) is 101 Å². The molecule has 0 radical (unpaired) electrons. The van der Waals surface area contributed by atoms with E-state index in [0.29, 0.717) is 28.6 Å². The first kappa shape index (κ1) is 25.0. The molecule has 0 amide bonds. The van der Waals surface area contributed by atoms with Gasteiger partial charge in [0.15, 0.2) is 11.5 Å². The summed E-state index contributed by atoms with van der Waals surface area (Å²) in [5.41, 5.74) is 6.62. The largest absolute Gasteiger partial charge is 0.496 e. The van der Waals surface area contributed by atoms with Crippen LogP contribution in [-0.2, 0) is 0 Å². The molecule has 0 unspecified atom stereocenters. The Morgan fingerprint density at radius 3 is 2.14 bits per heavy atom. The van der Waals surface area contributed by atoms with Gasteiger partial charge in [0.2, 0.25) is 5.88 Å². The van der Waals surface area contributed by atoms with E-state index in [9.17, 15) is 5.26 Å². The maximum Gasteiger partial charge on any atom is 0.238 e. The Labute approximate surface area is 240 Å². The SMILES string of the molecule is COc1cc2[nH]c(-c3ccccc3)c(-c3ccccc3)c2cc1/C=N/c1oc(-c2ccco2)c(-c2ccco2)c1C#N. The Bertz CT molecular complexity index is 2060. The molecule has 0 aliphatic heterocycles. The molecule has 0 aliphatic rings. The number of furan rings is 3. The lowest BCUT2D eigenvalue weighted by Crippen LogP contribution is -1.91. The first-order valence-electron chi connectivity index (χ1n) is 13.3. The molecule has 0 saturated heterocycles. The van der Waals surface area contributed by atoms with Crippen molar-refractivity contribution in [3.63, 3.8) is 0 Å². The number of aromatic amines is 1. The smallest absolute Gasteiger partial charge is 0.238 e. The number of hydrogen-bond donors (Lipinski definition) is 1. The fourth-order valence-corrected chi connectivity index (χ4v) is 5.22. The van der Waals surface area contributed by atoms with Crippen LogP contribution < -0.4 is 4.74 Å². The zero-order valence-electron chi connectivity index (χ0n) is 22.5. The Hall–Kier alpha value is -6.00. The number of H-pyrrole nitrogens is 1. The number of ether oxygens (including phenoxy) is 1. The van der Waals surface area contributed by atoms with E-state index in [1.165, 1.54) is 0 Å². The molecule has 4 heterocycles. The van der Waals surface area contributed by atoms with E-state index >= 15 is 0 Å². The highest BCUT2D eigenvalue weighted by Gasteiger charge is 2.26. The second kappa shape index (κ2) is 10.5. The third-order valence-corrected chi connectivity index (χ3v) is 7.11. The molecular formula is C35H23N3O4. The van der Waals surface area contributed by atoms with Gasteiger partial charge in [0.05, 0.1) is 36.4 Å². The van der Waals surface area contributed by atoms with Crippen molar-refractivity contribution in [2.24, 2.45) is 4.99 Å². The zero-order valence-corrected chi connectivity index (χ0v) is 22.5. The van der Waals surface area contributed by atoms with E-state index in [-0.39, 0.29) is 11.4 Å². The maximum atomic E-state index is 10.1. The fourth-order valence-electron chi connectivity index (χ4n) is 5.22. The number of aliphatic imine (C=N–C) groups is 1. The van der Waals surface area contributed by atoms with Crippen LogP contribution in [0.1, 0.15) is 11.1 Å². The average Bonchev–Trinajstić information content (AvgIpc) is 3.86. The summed E-state index contributed by atoms with van der Waals surface area (Å²) in [4.78, 5) is 8.25. The first-order chi connectivity index (χ1) is 20.7. The number of hydrogen-bond acceptors (Lipinski definition) is 6. The van der Waals surface area contributed by atoms with Gasteiger partial charge in [-0.3, -0.25) is 0 Å². The number of nitriles is 1. The lowest BCUT2D eigenvalue weighted by atomic mass is 9.97. The van der Waals surface area contributed by atoms with Crippen LogP contribution in [0.25, 0.3) is 56.1 Å². The molecule has 7 nitrogen and oxygen atoms in total. The van der Waals surface area contributed by atoms with Crippen molar-refractivity contribution in [1.82, 2.24) is 4.98 Å². The molecule has 42 heavy (non-hydrogen) atoms. The number of benzene rings is 3. The lowest BCUT2D eigenvalue weighted by molar-refractivity contribution is 0.414. The van der Waals surface area contributed by atoms with Crippen LogP contribution in [0.5, 0.6) is 5.75 Å². The van der Waals surface area contributed by atoms with Crippen molar-refractivity contribution < 1.29 is 18.0 Å². The molecule has 0 saturated carbocycles. The van der Waals surface area contributed by atoms with Gasteiger partial charge in [0, 0.05) is 28.8 Å². The summed E-state index contributed by atoms with van der Waals surface area (Å²) in [7, 11) is 1.62. The van der Waals surface area contributed by atoms with Crippen LogP contribution >= 0.6 is 0 Å². The van der Waals surface area contributed by atoms with Crippen molar-refractivity contribution in [3.05, 3.63) is 121 Å². The second-order valence-electron chi connectivity index (χ2n) is 9.56. The summed E-state index contributed by atoms with van der Waals surface area (Å²) in [6, 6.07) is 33.8. The molecule has 0 fully saturated rings. The number of rotatable bonds is 7. The third kappa shape index (κ3) is 4.28. The van der Waals surface area contributed by atoms with Crippen molar-refractivity contribution in [2.75, 3.05) is 7.11 Å². The van der Waals surface area contributed by atoms with E-state index in [4.69, 9.17) is 18.0 Å². The first-order valence-corrected chi connectivity index (χ1v) is 13.3. The summed E-state index contributed by atoms with van der Waals surface area (Å²) in [5, 5.41) is 11.1. The van der Waals surface area contributed by atoms with Crippen molar-refractivity contribution >= 4 is 23.0 Å². The monoisotopic (exact) mass is 549 g/mol. The van der Waals surface area contributed by atoms with Gasteiger partial charge in [-0.15, -0.1) is 0 Å². The number of nitrogens with zero attached hydrogens (tertiary/aromatic N) is 2.